The molecule has 0 spiro atoms. The van der Waals surface area contributed by atoms with Crippen molar-refractivity contribution in [3.05, 3.63) is 42.5 Å². The molecule has 4 heteroatoms. The standard InChI is InChI=1S/C16H18N2O2/c1-20-16(19)17-14-8-9-18(11-14)15-7-6-12-4-2-3-5-13(12)10-15/h2-7,10,14H,8-9,11H2,1H3,(H,17,19)/t14-/m0/s1. The van der Waals surface area contributed by atoms with Crippen molar-refractivity contribution in [2.24, 2.45) is 0 Å². The van der Waals surface area contributed by atoms with Crippen LogP contribution in [0.1, 0.15) is 6.42 Å². The van der Waals surface area contributed by atoms with Crippen LogP contribution in [0.3, 0.4) is 0 Å². The van der Waals surface area contributed by atoms with Crippen LogP contribution in [0.15, 0.2) is 42.5 Å². The molecule has 4 nitrogen and oxygen atoms in total. The van der Waals surface area contributed by atoms with Gasteiger partial charge in [-0.25, -0.2) is 4.79 Å². The lowest BCUT2D eigenvalue weighted by Crippen LogP contribution is -2.36. The topological polar surface area (TPSA) is 41.6 Å². The van der Waals surface area contributed by atoms with E-state index in [0.29, 0.717) is 0 Å². The average molecular weight is 270 g/mol. The Balaban J connectivity index is 1.74. The van der Waals surface area contributed by atoms with Gasteiger partial charge in [-0.15, -0.1) is 0 Å². The third-order valence-electron chi connectivity index (χ3n) is 3.79. The summed E-state index contributed by atoms with van der Waals surface area (Å²) in [5.41, 5.74) is 1.21. The summed E-state index contributed by atoms with van der Waals surface area (Å²) in [6, 6.07) is 15.0. The number of carbonyl (C=O) groups excluding carboxylic acids is 1. The number of rotatable bonds is 2. The predicted molar refractivity (Wildman–Crippen MR) is 80.1 cm³/mol. The quantitative estimate of drug-likeness (QED) is 0.912. The van der Waals surface area contributed by atoms with Crippen molar-refractivity contribution >= 4 is 22.6 Å². The third kappa shape index (κ3) is 2.54. The van der Waals surface area contributed by atoms with E-state index in [1.807, 2.05) is 6.07 Å². The minimum Gasteiger partial charge on any atom is -0.453 e. The highest BCUT2D eigenvalue weighted by Gasteiger charge is 2.24. The molecule has 20 heavy (non-hydrogen) atoms. The first kappa shape index (κ1) is 12.8. The first-order chi connectivity index (χ1) is 9.76. The number of fused-ring (bicyclic) bond motifs is 1. The molecule has 0 bridgehead atoms. The SMILES string of the molecule is COC(=O)N[C@H]1CCN(c2ccc3ccccc3c2)C1. The van der Waals surface area contributed by atoms with E-state index in [4.69, 9.17) is 0 Å². The van der Waals surface area contributed by atoms with Gasteiger partial charge >= 0.3 is 6.09 Å². The number of alkyl carbamates (subject to hydrolysis) is 1. The van der Waals surface area contributed by atoms with Crippen LogP contribution in [0.25, 0.3) is 10.8 Å². The van der Waals surface area contributed by atoms with E-state index in [-0.39, 0.29) is 12.1 Å². The van der Waals surface area contributed by atoms with Crippen LogP contribution < -0.4 is 10.2 Å². The Bertz CT molecular complexity index is 627. The summed E-state index contributed by atoms with van der Waals surface area (Å²) < 4.78 is 4.64. The van der Waals surface area contributed by atoms with Gasteiger partial charge in [-0.1, -0.05) is 30.3 Å². The van der Waals surface area contributed by atoms with Crippen molar-refractivity contribution in [2.45, 2.75) is 12.5 Å². The fourth-order valence-electron chi connectivity index (χ4n) is 2.71. The number of nitrogens with one attached hydrogen (secondary N) is 1. The first-order valence-electron chi connectivity index (χ1n) is 6.84. The van der Waals surface area contributed by atoms with Gasteiger partial charge in [-0.3, -0.25) is 0 Å². The molecule has 104 valence electrons. The summed E-state index contributed by atoms with van der Waals surface area (Å²) >= 11 is 0. The highest BCUT2D eigenvalue weighted by Crippen LogP contribution is 2.25. The molecule has 0 saturated carbocycles. The van der Waals surface area contributed by atoms with E-state index < -0.39 is 0 Å². The average Bonchev–Trinajstić information content (AvgIpc) is 2.95. The van der Waals surface area contributed by atoms with E-state index in [0.717, 1.165) is 19.5 Å². The van der Waals surface area contributed by atoms with Crippen molar-refractivity contribution in [2.75, 3.05) is 25.1 Å². The Morgan fingerprint density at radius 2 is 2.05 bits per heavy atom. The van der Waals surface area contributed by atoms with E-state index in [1.165, 1.54) is 23.6 Å². The Morgan fingerprint density at radius 3 is 2.85 bits per heavy atom. The molecule has 2 aromatic carbocycles. The zero-order valence-electron chi connectivity index (χ0n) is 11.5. The van der Waals surface area contributed by atoms with E-state index in [2.05, 4.69) is 51.4 Å². The molecule has 1 heterocycles. The van der Waals surface area contributed by atoms with Gasteiger partial charge in [0, 0.05) is 18.8 Å². The minimum atomic E-state index is -0.352. The summed E-state index contributed by atoms with van der Waals surface area (Å²) in [4.78, 5) is 13.5. The molecule has 1 amide bonds. The van der Waals surface area contributed by atoms with Gasteiger partial charge in [0.25, 0.3) is 0 Å². The lowest BCUT2D eigenvalue weighted by Gasteiger charge is -2.19. The van der Waals surface area contributed by atoms with Crippen molar-refractivity contribution in [3.63, 3.8) is 0 Å². The van der Waals surface area contributed by atoms with Crippen LogP contribution in [0.2, 0.25) is 0 Å². The Kier molecular flexibility index (Phi) is 3.46. The molecule has 0 unspecified atom stereocenters. The van der Waals surface area contributed by atoms with Crippen LogP contribution in [-0.2, 0) is 4.74 Å². The number of anilines is 1. The summed E-state index contributed by atoms with van der Waals surface area (Å²) in [6.07, 6.45) is 0.595. The molecule has 1 aliphatic rings. The highest BCUT2D eigenvalue weighted by molar-refractivity contribution is 5.85. The van der Waals surface area contributed by atoms with Gasteiger partial charge in [0.2, 0.25) is 0 Å². The van der Waals surface area contributed by atoms with Crippen molar-refractivity contribution in [1.82, 2.24) is 5.32 Å². The number of amides is 1. The zero-order valence-corrected chi connectivity index (χ0v) is 11.5. The fourth-order valence-corrected chi connectivity index (χ4v) is 2.71. The van der Waals surface area contributed by atoms with Crippen molar-refractivity contribution in [3.8, 4) is 0 Å². The number of benzene rings is 2. The molecule has 0 aromatic heterocycles. The lowest BCUT2D eigenvalue weighted by molar-refractivity contribution is 0.167. The number of ether oxygens (including phenoxy) is 1. The molecule has 3 rings (SSSR count). The summed E-state index contributed by atoms with van der Waals surface area (Å²) in [7, 11) is 1.39. The van der Waals surface area contributed by atoms with Crippen LogP contribution in [0, 0.1) is 0 Å². The van der Waals surface area contributed by atoms with Crippen LogP contribution in [-0.4, -0.2) is 32.3 Å². The largest absolute Gasteiger partial charge is 0.453 e. The van der Waals surface area contributed by atoms with Gasteiger partial charge in [0.15, 0.2) is 0 Å². The minimum absolute atomic E-state index is 0.161. The molecule has 1 N–H and O–H groups in total. The summed E-state index contributed by atoms with van der Waals surface area (Å²) in [5, 5.41) is 5.36. The van der Waals surface area contributed by atoms with Gasteiger partial charge in [0.1, 0.15) is 0 Å². The van der Waals surface area contributed by atoms with Gasteiger partial charge in [-0.05, 0) is 29.3 Å². The maximum atomic E-state index is 11.2. The normalized spacial score (nSPS) is 18.2. The second-order valence-electron chi connectivity index (χ2n) is 5.10. The van der Waals surface area contributed by atoms with Crippen LogP contribution in [0.4, 0.5) is 10.5 Å². The van der Waals surface area contributed by atoms with Crippen LogP contribution >= 0.6 is 0 Å². The second kappa shape index (κ2) is 5.41. The fraction of sp³-hybridized carbons (Fsp3) is 0.312. The van der Waals surface area contributed by atoms with Crippen molar-refractivity contribution in [1.29, 1.82) is 0 Å². The summed E-state index contributed by atoms with van der Waals surface area (Å²) in [5.74, 6) is 0. The van der Waals surface area contributed by atoms with E-state index in [9.17, 15) is 4.79 Å². The predicted octanol–water partition coefficient (Wildman–Crippen LogP) is 2.77. The zero-order chi connectivity index (χ0) is 13.9. The molecule has 1 saturated heterocycles. The Morgan fingerprint density at radius 1 is 1.25 bits per heavy atom. The number of nitrogens with zero attached hydrogens (tertiary/aromatic N) is 1. The summed E-state index contributed by atoms with van der Waals surface area (Å²) in [6.45, 7) is 1.78. The first-order valence-corrected chi connectivity index (χ1v) is 6.84. The molecule has 2 aromatic rings. The molecule has 1 fully saturated rings. The molecular formula is C16H18N2O2. The third-order valence-corrected chi connectivity index (χ3v) is 3.79. The lowest BCUT2D eigenvalue weighted by atomic mass is 10.1. The second-order valence-corrected chi connectivity index (χ2v) is 5.10. The number of methoxy groups -OCH3 is 1. The monoisotopic (exact) mass is 270 g/mol. The molecular weight excluding hydrogens is 252 g/mol. The highest BCUT2D eigenvalue weighted by atomic mass is 16.5. The van der Waals surface area contributed by atoms with Crippen molar-refractivity contribution < 1.29 is 9.53 Å². The number of hydrogen-bond donors (Lipinski definition) is 1. The van der Waals surface area contributed by atoms with Gasteiger partial charge in [0.05, 0.1) is 13.2 Å². The molecule has 0 aliphatic carbocycles. The number of hydrogen-bond acceptors (Lipinski definition) is 3. The molecule has 0 radical (unpaired) electrons. The number of carbonyl (C=O) groups is 1. The maximum absolute atomic E-state index is 11.2. The Labute approximate surface area is 118 Å². The Hall–Kier alpha value is -2.23. The van der Waals surface area contributed by atoms with Crippen LogP contribution in [0.5, 0.6) is 0 Å². The van der Waals surface area contributed by atoms with Gasteiger partial charge < -0.3 is 15.0 Å². The molecule has 1 aliphatic heterocycles. The van der Waals surface area contributed by atoms with Gasteiger partial charge in [-0.2, -0.15) is 0 Å². The maximum Gasteiger partial charge on any atom is 0.407 e. The molecule has 1 atom stereocenters. The van der Waals surface area contributed by atoms with E-state index in [1.54, 1.807) is 0 Å². The smallest absolute Gasteiger partial charge is 0.407 e. The van der Waals surface area contributed by atoms with E-state index >= 15 is 0 Å².